The van der Waals surface area contributed by atoms with E-state index in [1.165, 1.54) is 11.0 Å². The molecule has 1 atom stereocenters. The van der Waals surface area contributed by atoms with E-state index in [2.05, 4.69) is 12.6 Å². The summed E-state index contributed by atoms with van der Waals surface area (Å²) in [5, 5.41) is 22.7. The summed E-state index contributed by atoms with van der Waals surface area (Å²) in [4.78, 5) is 16.8. The Labute approximate surface area is 197 Å². The third-order valence-electron chi connectivity index (χ3n) is 6.02. The maximum Gasteiger partial charge on any atom is 0.332 e. The minimum Gasteiger partial charge on any atom is -0.364 e. The zero-order valence-electron chi connectivity index (χ0n) is 17.4. The van der Waals surface area contributed by atoms with Crippen LogP contribution in [0, 0.1) is 11.3 Å². The summed E-state index contributed by atoms with van der Waals surface area (Å²) in [5.41, 5.74) is -0.548. The van der Waals surface area contributed by atoms with E-state index in [0.717, 1.165) is 0 Å². The van der Waals surface area contributed by atoms with Crippen molar-refractivity contribution in [1.29, 1.82) is 5.26 Å². The first kappa shape index (κ1) is 22.2. The van der Waals surface area contributed by atoms with Gasteiger partial charge in [0.15, 0.2) is 5.72 Å². The smallest absolute Gasteiger partial charge is 0.332 e. The maximum atomic E-state index is 13.8. The minimum absolute atomic E-state index is 0.369. The summed E-state index contributed by atoms with van der Waals surface area (Å²) in [6, 6.07) is 15.5. The summed E-state index contributed by atoms with van der Waals surface area (Å²) in [7, 11) is 0. The van der Waals surface area contributed by atoms with Crippen molar-refractivity contribution in [2.45, 2.75) is 31.0 Å². The second-order valence-electron chi connectivity index (χ2n) is 7.89. The van der Waals surface area contributed by atoms with E-state index in [0.29, 0.717) is 45.4 Å². The van der Waals surface area contributed by atoms with Gasteiger partial charge in [-0.1, -0.05) is 48.0 Å². The molecule has 0 radical (unpaired) electrons. The number of carbonyl (C=O) groups is 1. The van der Waals surface area contributed by atoms with Gasteiger partial charge in [0.05, 0.1) is 11.6 Å². The lowest BCUT2D eigenvalue weighted by Gasteiger charge is -2.38. The SMILES string of the molecule is C=C/C(Cl)=C\C=C(/C)N1C(=O)N(c2ccc(Cl)cc2)C2(CC2)C1(O)c1cccc(C#N)c1. The number of nitrogens with zero attached hydrogens (tertiary/aromatic N) is 3. The van der Waals surface area contributed by atoms with Gasteiger partial charge >= 0.3 is 6.03 Å². The van der Waals surface area contributed by atoms with Gasteiger partial charge in [0.1, 0.15) is 5.54 Å². The highest BCUT2D eigenvalue weighted by Crippen LogP contribution is 2.62. The number of halogens is 2. The first-order chi connectivity index (χ1) is 15.3. The number of hydrogen-bond acceptors (Lipinski definition) is 3. The van der Waals surface area contributed by atoms with Gasteiger partial charge in [0, 0.05) is 27.0 Å². The summed E-state index contributed by atoms with van der Waals surface area (Å²) in [6.45, 7) is 5.37. The molecule has 162 valence electrons. The van der Waals surface area contributed by atoms with Crippen LogP contribution in [0.4, 0.5) is 10.5 Å². The van der Waals surface area contributed by atoms with Crippen molar-refractivity contribution in [1.82, 2.24) is 4.90 Å². The van der Waals surface area contributed by atoms with Gasteiger partial charge in [0.2, 0.25) is 0 Å². The van der Waals surface area contributed by atoms with Gasteiger partial charge in [-0.2, -0.15) is 5.26 Å². The van der Waals surface area contributed by atoms with E-state index in [1.54, 1.807) is 72.5 Å². The van der Waals surface area contributed by atoms with Crippen LogP contribution in [0.5, 0.6) is 0 Å². The molecule has 2 aromatic rings. The topological polar surface area (TPSA) is 67.6 Å². The summed E-state index contributed by atoms with van der Waals surface area (Å²) in [5.74, 6) is 0. The van der Waals surface area contributed by atoms with Gasteiger partial charge in [-0.25, -0.2) is 4.79 Å². The normalized spacial score (nSPS) is 22.3. The highest BCUT2D eigenvalue weighted by Gasteiger charge is 2.74. The first-order valence-electron chi connectivity index (χ1n) is 10.1. The van der Waals surface area contributed by atoms with Crippen molar-refractivity contribution in [3.8, 4) is 6.07 Å². The summed E-state index contributed by atoms with van der Waals surface area (Å²) in [6.07, 6.45) is 5.97. The van der Waals surface area contributed by atoms with E-state index in [9.17, 15) is 15.2 Å². The van der Waals surface area contributed by atoms with Crippen LogP contribution < -0.4 is 4.90 Å². The number of benzene rings is 2. The zero-order chi connectivity index (χ0) is 23.1. The summed E-state index contributed by atoms with van der Waals surface area (Å²) < 4.78 is 0. The summed E-state index contributed by atoms with van der Waals surface area (Å²) >= 11 is 12.1. The number of anilines is 1. The van der Waals surface area contributed by atoms with Crippen LogP contribution in [0.1, 0.15) is 30.9 Å². The number of aliphatic hydroxyl groups is 1. The van der Waals surface area contributed by atoms with Crippen molar-refractivity contribution in [2.24, 2.45) is 0 Å². The Morgan fingerprint density at radius 3 is 2.50 bits per heavy atom. The lowest BCUT2D eigenvalue weighted by molar-refractivity contribution is -0.0755. The van der Waals surface area contributed by atoms with Crippen LogP contribution in [0.25, 0.3) is 0 Å². The average molecular weight is 466 g/mol. The molecule has 1 N–H and O–H groups in total. The molecular weight excluding hydrogens is 445 g/mol. The maximum absolute atomic E-state index is 13.8. The fourth-order valence-electron chi connectivity index (χ4n) is 4.38. The van der Waals surface area contributed by atoms with Gasteiger partial charge in [-0.15, -0.1) is 0 Å². The number of urea groups is 1. The number of nitriles is 1. The number of hydrogen-bond donors (Lipinski definition) is 1. The Morgan fingerprint density at radius 1 is 1.22 bits per heavy atom. The van der Waals surface area contributed by atoms with Crippen molar-refractivity contribution in [3.63, 3.8) is 0 Å². The Morgan fingerprint density at radius 2 is 1.91 bits per heavy atom. The van der Waals surface area contributed by atoms with Crippen molar-refractivity contribution >= 4 is 34.9 Å². The average Bonchev–Trinajstić information content (AvgIpc) is 3.57. The third-order valence-corrected chi connectivity index (χ3v) is 6.55. The molecule has 1 aliphatic carbocycles. The Balaban J connectivity index is 1.93. The first-order valence-corrected chi connectivity index (χ1v) is 10.8. The molecular formula is C25H21Cl2N3O2. The Hall–Kier alpha value is -3.04. The van der Waals surface area contributed by atoms with Crippen molar-refractivity contribution in [2.75, 3.05) is 4.90 Å². The Kier molecular flexibility index (Phi) is 5.64. The molecule has 7 heteroatoms. The van der Waals surface area contributed by atoms with E-state index in [1.807, 2.05) is 0 Å². The highest BCUT2D eigenvalue weighted by molar-refractivity contribution is 6.31. The number of rotatable bonds is 5. The zero-order valence-corrected chi connectivity index (χ0v) is 18.9. The monoisotopic (exact) mass is 465 g/mol. The minimum atomic E-state index is -1.69. The van der Waals surface area contributed by atoms with Crippen LogP contribution in [0.3, 0.4) is 0 Å². The number of amides is 2. The molecule has 2 amide bonds. The standard InChI is InChI=1S/C25H21Cl2N3O2/c1-3-20(26)8-7-17(2)29-23(31)30(22-11-9-21(27)10-12-22)24(13-14-24)25(29,32)19-6-4-5-18(15-19)16-28/h3-12,15,32H,1,13-14H2,2H3/b17-7+,20-8+. The fraction of sp³-hybridized carbons (Fsp3) is 0.200. The number of carbonyl (C=O) groups excluding carboxylic acids is 1. The lowest BCUT2D eigenvalue weighted by Crippen LogP contribution is -2.50. The molecule has 4 rings (SSSR count). The molecule has 2 fully saturated rings. The van der Waals surface area contributed by atoms with E-state index >= 15 is 0 Å². The molecule has 2 aromatic carbocycles. The van der Waals surface area contributed by atoms with Gasteiger partial charge in [-0.05, 0) is 68.3 Å². The molecule has 1 saturated heterocycles. The van der Waals surface area contributed by atoms with Crippen molar-refractivity contribution < 1.29 is 9.90 Å². The lowest BCUT2D eigenvalue weighted by atomic mass is 9.90. The quantitative estimate of drug-likeness (QED) is 0.546. The fourth-order valence-corrected chi connectivity index (χ4v) is 4.57. The molecule has 1 spiro atoms. The molecule has 5 nitrogen and oxygen atoms in total. The second kappa shape index (κ2) is 8.14. The van der Waals surface area contributed by atoms with Crippen LogP contribution in [0.2, 0.25) is 5.02 Å². The third kappa shape index (κ3) is 3.32. The Bertz CT molecular complexity index is 1190. The molecule has 1 unspecified atom stereocenters. The van der Waals surface area contributed by atoms with E-state index < -0.39 is 11.3 Å². The van der Waals surface area contributed by atoms with E-state index in [4.69, 9.17) is 23.2 Å². The molecule has 1 aliphatic heterocycles. The molecule has 0 bridgehead atoms. The predicted molar refractivity (Wildman–Crippen MR) is 126 cm³/mol. The van der Waals surface area contributed by atoms with Crippen LogP contribution in [0.15, 0.2) is 84.1 Å². The predicted octanol–water partition coefficient (Wildman–Crippen LogP) is 6.04. The van der Waals surface area contributed by atoms with Crippen LogP contribution >= 0.6 is 23.2 Å². The second-order valence-corrected chi connectivity index (χ2v) is 8.76. The van der Waals surface area contributed by atoms with Crippen LogP contribution in [-0.2, 0) is 5.72 Å². The molecule has 0 aromatic heterocycles. The van der Waals surface area contributed by atoms with E-state index in [-0.39, 0.29) is 6.03 Å². The molecule has 32 heavy (non-hydrogen) atoms. The molecule has 1 heterocycles. The van der Waals surface area contributed by atoms with Gasteiger partial charge in [0.25, 0.3) is 0 Å². The molecule has 2 aliphatic rings. The van der Waals surface area contributed by atoms with Gasteiger partial charge in [-0.3, -0.25) is 9.80 Å². The largest absolute Gasteiger partial charge is 0.364 e. The number of allylic oxidation sites excluding steroid dienone is 5. The molecule has 1 saturated carbocycles. The van der Waals surface area contributed by atoms with Crippen LogP contribution in [-0.4, -0.2) is 21.6 Å². The highest BCUT2D eigenvalue weighted by atomic mass is 35.5. The van der Waals surface area contributed by atoms with Crippen molar-refractivity contribution in [3.05, 3.63) is 100 Å². The van der Waals surface area contributed by atoms with Gasteiger partial charge < -0.3 is 5.11 Å².